The third kappa shape index (κ3) is 2.46. The Morgan fingerprint density at radius 1 is 1.27 bits per heavy atom. The zero-order valence-corrected chi connectivity index (χ0v) is 12.7. The molecule has 2 aliphatic rings. The number of amides is 1. The van der Waals surface area contributed by atoms with Gasteiger partial charge in [0.05, 0.1) is 18.7 Å². The van der Waals surface area contributed by atoms with Crippen molar-refractivity contribution in [1.29, 1.82) is 0 Å². The highest BCUT2D eigenvalue weighted by Gasteiger charge is 2.48. The van der Waals surface area contributed by atoms with Crippen molar-refractivity contribution in [2.24, 2.45) is 23.7 Å². The van der Waals surface area contributed by atoms with Crippen LogP contribution in [0.3, 0.4) is 0 Å². The van der Waals surface area contributed by atoms with Crippen LogP contribution in [0.15, 0.2) is 30.4 Å². The lowest BCUT2D eigenvalue weighted by atomic mass is 9.82. The molecule has 116 valence electrons. The highest BCUT2D eigenvalue weighted by atomic mass is 35.5. The number of halogens is 1. The molecule has 22 heavy (non-hydrogen) atoms. The summed E-state index contributed by atoms with van der Waals surface area (Å²) < 4.78 is 5.18. The summed E-state index contributed by atoms with van der Waals surface area (Å²) in [4.78, 5) is 23.9. The molecule has 1 aromatic rings. The zero-order chi connectivity index (χ0) is 15.9. The van der Waals surface area contributed by atoms with Gasteiger partial charge in [-0.2, -0.15) is 0 Å². The van der Waals surface area contributed by atoms with Crippen molar-refractivity contribution in [2.45, 2.75) is 6.42 Å². The average molecular weight is 321 g/mol. The van der Waals surface area contributed by atoms with Gasteiger partial charge in [-0.3, -0.25) is 4.79 Å². The highest BCUT2D eigenvalue weighted by Crippen LogP contribution is 2.48. The summed E-state index contributed by atoms with van der Waals surface area (Å²) in [6.45, 7) is 0. The largest absolute Gasteiger partial charge is 0.550 e. The van der Waals surface area contributed by atoms with Crippen LogP contribution in [0, 0.1) is 23.7 Å². The van der Waals surface area contributed by atoms with Crippen LogP contribution in [0.2, 0.25) is 5.02 Å². The number of carbonyl (C=O) groups excluding carboxylic acids is 2. The predicted molar refractivity (Wildman–Crippen MR) is 79.4 cm³/mol. The minimum Gasteiger partial charge on any atom is -0.550 e. The van der Waals surface area contributed by atoms with E-state index in [0.717, 1.165) is 0 Å². The van der Waals surface area contributed by atoms with E-state index in [0.29, 0.717) is 22.9 Å². The number of carboxylic acids is 1. The number of hydrogen-bond acceptors (Lipinski definition) is 4. The lowest BCUT2D eigenvalue weighted by Gasteiger charge is -2.28. The van der Waals surface area contributed by atoms with E-state index in [-0.39, 0.29) is 17.7 Å². The van der Waals surface area contributed by atoms with Gasteiger partial charge < -0.3 is 20.0 Å². The minimum absolute atomic E-state index is 0.0573. The molecular weight excluding hydrogens is 306 g/mol. The van der Waals surface area contributed by atoms with Gasteiger partial charge in [0, 0.05) is 16.9 Å². The van der Waals surface area contributed by atoms with Crippen LogP contribution in [0.1, 0.15) is 6.42 Å². The van der Waals surface area contributed by atoms with Gasteiger partial charge in [0.15, 0.2) is 0 Å². The van der Waals surface area contributed by atoms with E-state index < -0.39 is 17.8 Å². The molecule has 0 heterocycles. The molecule has 4 atom stereocenters. The number of rotatable bonds is 4. The van der Waals surface area contributed by atoms with Gasteiger partial charge in [-0.15, -0.1) is 0 Å². The van der Waals surface area contributed by atoms with Crippen LogP contribution in [0.5, 0.6) is 5.75 Å². The summed E-state index contributed by atoms with van der Waals surface area (Å²) in [7, 11) is 1.49. The molecule has 1 N–H and O–H groups in total. The maximum Gasteiger partial charge on any atom is 0.228 e. The fourth-order valence-electron chi connectivity index (χ4n) is 3.49. The number of nitrogens with one attached hydrogen (secondary N) is 1. The van der Waals surface area contributed by atoms with Gasteiger partial charge in [0.1, 0.15) is 5.75 Å². The molecule has 0 unspecified atom stereocenters. The summed E-state index contributed by atoms with van der Waals surface area (Å²) >= 11 is 5.94. The Kier molecular flexibility index (Phi) is 3.83. The lowest BCUT2D eigenvalue weighted by Crippen LogP contribution is -2.42. The molecule has 0 saturated heterocycles. The number of allylic oxidation sites excluding steroid dienone is 2. The van der Waals surface area contributed by atoms with Crippen molar-refractivity contribution in [2.75, 3.05) is 12.4 Å². The molecule has 0 radical (unpaired) electrons. The van der Waals surface area contributed by atoms with Crippen LogP contribution in [0.25, 0.3) is 0 Å². The van der Waals surface area contributed by atoms with Crippen LogP contribution in [-0.4, -0.2) is 19.0 Å². The molecule has 1 aromatic carbocycles. The monoisotopic (exact) mass is 320 g/mol. The van der Waals surface area contributed by atoms with Gasteiger partial charge in [-0.05, 0) is 36.5 Å². The first-order valence-electron chi connectivity index (χ1n) is 7.05. The molecule has 6 heteroatoms. The second kappa shape index (κ2) is 5.65. The standard InChI is InChI=1S/C16H16ClNO4/c1-22-12-5-4-10(17)7-11(12)18-15(19)13-8-2-3-9(6-8)14(13)16(20)21/h2-5,7-9,13-14H,6H2,1H3,(H,18,19)(H,20,21)/p-1/t8-,9+,13+,14+/m1/s1. The van der Waals surface area contributed by atoms with E-state index in [1.807, 2.05) is 12.2 Å². The van der Waals surface area contributed by atoms with E-state index in [1.165, 1.54) is 7.11 Å². The fourth-order valence-corrected chi connectivity index (χ4v) is 3.67. The Labute approximate surface area is 132 Å². The minimum atomic E-state index is -1.17. The normalized spacial score (nSPS) is 28.6. The molecule has 3 rings (SSSR count). The number of benzene rings is 1. The summed E-state index contributed by atoms with van der Waals surface area (Å²) in [6.07, 6.45) is 4.47. The Morgan fingerprint density at radius 2 is 1.95 bits per heavy atom. The van der Waals surface area contributed by atoms with E-state index in [1.54, 1.807) is 18.2 Å². The number of aliphatic carboxylic acids is 1. The smallest absolute Gasteiger partial charge is 0.228 e. The fraction of sp³-hybridized carbons (Fsp3) is 0.375. The summed E-state index contributed by atoms with van der Waals surface area (Å²) in [6, 6.07) is 4.88. The molecule has 0 aromatic heterocycles. The molecule has 0 spiro atoms. The van der Waals surface area contributed by atoms with Gasteiger partial charge in [-0.1, -0.05) is 23.8 Å². The molecule has 0 aliphatic heterocycles. The number of carboxylic acid groups (broad SMARTS) is 1. The predicted octanol–water partition coefficient (Wildman–Crippen LogP) is 1.48. The summed E-state index contributed by atoms with van der Waals surface area (Å²) in [5, 5.41) is 14.6. The van der Waals surface area contributed by atoms with Crippen molar-refractivity contribution >= 4 is 29.2 Å². The Hall–Kier alpha value is -2.01. The molecule has 1 amide bonds. The van der Waals surface area contributed by atoms with Gasteiger partial charge in [-0.25, -0.2) is 0 Å². The first kappa shape index (κ1) is 14.9. The van der Waals surface area contributed by atoms with E-state index in [9.17, 15) is 14.7 Å². The van der Waals surface area contributed by atoms with Gasteiger partial charge in [0.2, 0.25) is 5.91 Å². The van der Waals surface area contributed by atoms with E-state index in [2.05, 4.69) is 5.32 Å². The Bertz CT molecular complexity index is 658. The van der Waals surface area contributed by atoms with Gasteiger partial charge >= 0.3 is 0 Å². The van der Waals surface area contributed by atoms with Crippen LogP contribution >= 0.6 is 11.6 Å². The lowest BCUT2D eigenvalue weighted by molar-refractivity contribution is -0.313. The maximum absolute atomic E-state index is 12.6. The second-order valence-electron chi connectivity index (χ2n) is 5.65. The summed E-state index contributed by atoms with van der Waals surface area (Å²) in [5.74, 6) is -2.61. The maximum atomic E-state index is 12.6. The first-order chi connectivity index (χ1) is 10.5. The van der Waals surface area contributed by atoms with Crippen molar-refractivity contribution in [1.82, 2.24) is 0 Å². The van der Waals surface area contributed by atoms with E-state index in [4.69, 9.17) is 16.3 Å². The van der Waals surface area contributed by atoms with Crippen molar-refractivity contribution < 1.29 is 19.4 Å². The quantitative estimate of drug-likeness (QED) is 0.852. The number of hydrogen-bond donors (Lipinski definition) is 1. The molecule has 2 aliphatic carbocycles. The number of methoxy groups -OCH3 is 1. The number of ether oxygens (including phenoxy) is 1. The van der Waals surface area contributed by atoms with Crippen LogP contribution in [0.4, 0.5) is 5.69 Å². The first-order valence-corrected chi connectivity index (χ1v) is 7.42. The summed E-state index contributed by atoms with van der Waals surface area (Å²) in [5.41, 5.74) is 0.434. The Balaban J connectivity index is 1.84. The number of anilines is 1. The molecule has 5 nitrogen and oxygen atoms in total. The van der Waals surface area contributed by atoms with Crippen LogP contribution < -0.4 is 15.2 Å². The second-order valence-corrected chi connectivity index (χ2v) is 6.09. The Morgan fingerprint density at radius 3 is 2.59 bits per heavy atom. The number of carbonyl (C=O) groups is 2. The molecular formula is C16H15ClNO4-. The van der Waals surface area contributed by atoms with E-state index >= 15 is 0 Å². The van der Waals surface area contributed by atoms with Crippen molar-refractivity contribution in [3.05, 3.63) is 35.4 Å². The van der Waals surface area contributed by atoms with Gasteiger partial charge in [0.25, 0.3) is 0 Å². The third-order valence-electron chi connectivity index (χ3n) is 4.45. The number of fused-ring (bicyclic) bond motifs is 2. The topological polar surface area (TPSA) is 78.5 Å². The van der Waals surface area contributed by atoms with Crippen LogP contribution in [-0.2, 0) is 9.59 Å². The highest BCUT2D eigenvalue weighted by molar-refractivity contribution is 6.31. The molecule has 1 saturated carbocycles. The third-order valence-corrected chi connectivity index (χ3v) is 4.69. The molecule has 1 fully saturated rings. The average Bonchev–Trinajstić information content (AvgIpc) is 3.08. The van der Waals surface area contributed by atoms with Crippen molar-refractivity contribution in [3.8, 4) is 5.75 Å². The molecule has 2 bridgehead atoms. The van der Waals surface area contributed by atoms with Crippen molar-refractivity contribution in [3.63, 3.8) is 0 Å². The SMILES string of the molecule is COc1ccc(Cl)cc1NC(=O)[C@@H]1[C@@H](C(=O)[O-])[C@H]2C=C[C@@H]1C2. The zero-order valence-electron chi connectivity index (χ0n) is 11.9.